The first-order valence-electron chi connectivity index (χ1n) is 7.28. The number of nitrogens with one attached hydrogen (secondary N) is 1. The normalized spacial score (nSPS) is 11.8. The van der Waals surface area contributed by atoms with Crippen LogP contribution in [0.2, 0.25) is 0 Å². The summed E-state index contributed by atoms with van der Waals surface area (Å²) in [5, 5.41) is 3.43. The van der Waals surface area contributed by atoms with Gasteiger partial charge in [0.1, 0.15) is 0 Å². The number of halogens is 1. The Bertz CT molecular complexity index is 509. The second kappa shape index (κ2) is 8.71. The van der Waals surface area contributed by atoms with Crippen LogP contribution in [0.1, 0.15) is 37.4 Å². The van der Waals surface area contributed by atoms with Crippen molar-refractivity contribution in [3.05, 3.63) is 65.7 Å². The minimum Gasteiger partial charge on any atom is -0.381 e. The Morgan fingerprint density at radius 3 is 2.14 bits per heavy atom. The zero-order valence-corrected chi connectivity index (χ0v) is 13.6. The summed E-state index contributed by atoms with van der Waals surface area (Å²) in [5.74, 6) is 0.626. The molecule has 2 rings (SSSR count). The van der Waals surface area contributed by atoms with Gasteiger partial charge in [0.25, 0.3) is 0 Å². The Labute approximate surface area is 134 Å². The Hall–Kier alpha value is -1.51. The third-order valence-corrected chi connectivity index (χ3v) is 3.40. The maximum Gasteiger partial charge on any atom is 0.0400 e. The molecule has 0 saturated heterocycles. The molecule has 21 heavy (non-hydrogen) atoms. The minimum absolute atomic E-state index is 0. The number of anilines is 1. The molecule has 2 nitrogen and oxygen atoms in total. The van der Waals surface area contributed by atoms with Gasteiger partial charge in [-0.3, -0.25) is 0 Å². The van der Waals surface area contributed by atoms with Crippen molar-refractivity contribution in [2.75, 3.05) is 5.32 Å². The topological polar surface area (TPSA) is 38.0 Å². The van der Waals surface area contributed by atoms with Gasteiger partial charge in [-0.25, -0.2) is 0 Å². The Morgan fingerprint density at radius 1 is 0.952 bits per heavy atom. The lowest BCUT2D eigenvalue weighted by Crippen LogP contribution is -2.12. The van der Waals surface area contributed by atoms with Gasteiger partial charge in [0, 0.05) is 18.3 Å². The molecule has 0 unspecified atom stereocenters. The molecule has 0 radical (unpaired) electrons. The lowest BCUT2D eigenvalue weighted by atomic mass is 9.98. The van der Waals surface area contributed by atoms with E-state index in [1.165, 1.54) is 11.1 Å². The monoisotopic (exact) mass is 304 g/mol. The van der Waals surface area contributed by atoms with Crippen LogP contribution in [0.3, 0.4) is 0 Å². The van der Waals surface area contributed by atoms with Crippen molar-refractivity contribution in [2.24, 2.45) is 11.7 Å². The highest BCUT2D eigenvalue weighted by Crippen LogP contribution is 2.20. The van der Waals surface area contributed by atoms with Crippen molar-refractivity contribution in [3.63, 3.8) is 0 Å². The molecule has 0 bridgehead atoms. The van der Waals surface area contributed by atoms with Crippen molar-refractivity contribution in [1.29, 1.82) is 0 Å². The SMILES string of the molecule is CC(C)C[C@@H](N)c1ccc(NCc2ccccc2)cc1.Cl. The summed E-state index contributed by atoms with van der Waals surface area (Å²) in [7, 11) is 0. The Kier molecular flexibility index (Phi) is 7.27. The van der Waals surface area contributed by atoms with Gasteiger partial charge >= 0.3 is 0 Å². The smallest absolute Gasteiger partial charge is 0.0400 e. The molecule has 0 aliphatic rings. The summed E-state index contributed by atoms with van der Waals surface area (Å²) in [5.41, 5.74) is 9.82. The van der Waals surface area contributed by atoms with E-state index >= 15 is 0 Å². The lowest BCUT2D eigenvalue weighted by molar-refractivity contribution is 0.510. The third-order valence-electron chi connectivity index (χ3n) is 3.40. The zero-order chi connectivity index (χ0) is 14.4. The molecule has 2 aromatic carbocycles. The molecule has 0 aliphatic carbocycles. The van der Waals surface area contributed by atoms with E-state index in [0.29, 0.717) is 5.92 Å². The molecule has 0 heterocycles. The number of nitrogens with two attached hydrogens (primary N) is 1. The maximum atomic E-state index is 6.19. The molecule has 3 N–H and O–H groups in total. The van der Waals surface area contributed by atoms with Gasteiger partial charge < -0.3 is 11.1 Å². The van der Waals surface area contributed by atoms with Gasteiger partial charge in [0.15, 0.2) is 0 Å². The summed E-state index contributed by atoms with van der Waals surface area (Å²) < 4.78 is 0. The quantitative estimate of drug-likeness (QED) is 0.807. The standard InChI is InChI=1S/C18H24N2.ClH/c1-14(2)12-18(19)16-8-10-17(11-9-16)20-13-15-6-4-3-5-7-15;/h3-11,14,18,20H,12-13,19H2,1-2H3;1H/t18-;/m1./s1. The fourth-order valence-corrected chi connectivity index (χ4v) is 2.29. The molecule has 0 aliphatic heterocycles. The van der Waals surface area contributed by atoms with E-state index in [1.54, 1.807) is 0 Å². The largest absolute Gasteiger partial charge is 0.381 e. The fourth-order valence-electron chi connectivity index (χ4n) is 2.29. The van der Waals surface area contributed by atoms with Crippen LogP contribution in [0.25, 0.3) is 0 Å². The zero-order valence-electron chi connectivity index (χ0n) is 12.8. The molecular formula is C18H25ClN2. The van der Waals surface area contributed by atoms with Crippen molar-refractivity contribution in [2.45, 2.75) is 32.9 Å². The molecule has 0 saturated carbocycles. The molecule has 0 amide bonds. The molecule has 0 spiro atoms. The van der Waals surface area contributed by atoms with Crippen LogP contribution in [-0.2, 0) is 6.54 Å². The van der Waals surface area contributed by atoms with E-state index in [-0.39, 0.29) is 18.4 Å². The van der Waals surface area contributed by atoms with Crippen molar-refractivity contribution in [3.8, 4) is 0 Å². The fraction of sp³-hybridized carbons (Fsp3) is 0.333. The first kappa shape index (κ1) is 17.5. The van der Waals surface area contributed by atoms with Gasteiger partial charge in [0.2, 0.25) is 0 Å². The Morgan fingerprint density at radius 2 is 1.57 bits per heavy atom. The van der Waals surface area contributed by atoms with E-state index < -0.39 is 0 Å². The predicted octanol–water partition coefficient (Wildman–Crippen LogP) is 4.77. The summed E-state index contributed by atoms with van der Waals surface area (Å²) in [6, 6.07) is 19.0. The molecule has 1 atom stereocenters. The van der Waals surface area contributed by atoms with E-state index in [4.69, 9.17) is 5.73 Å². The average molecular weight is 305 g/mol. The van der Waals surface area contributed by atoms with Crippen LogP contribution in [0.5, 0.6) is 0 Å². The highest BCUT2D eigenvalue weighted by molar-refractivity contribution is 5.85. The molecule has 2 aromatic rings. The summed E-state index contributed by atoms with van der Waals surface area (Å²) >= 11 is 0. The van der Waals surface area contributed by atoms with Crippen molar-refractivity contribution in [1.82, 2.24) is 0 Å². The summed E-state index contributed by atoms with van der Waals surface area (Å²) in [6.07, 6.45) is 1.02. The van der Waals surface area contributed by atoms with Crippen LogP contribution in [0.4, 0.5) is 5.69 Å². The summed E-state index contributed by atoms with van der Waals surface area (Å²) in [6.45, 7) is 5.25. The minimum atomic E-state index is 0. The van der Waals surface area contributed by atoms with Crippen molar-refractivity contribution >= 4 is 18.1 Å². The van der Waals surface area contributed by atoms with Crippen LogP contribution in [0.15, 0.2) is 54.6 Å². The number of hydrogen-bond acceptors (Lipinski definition) is 2. The van der Waals surface area contributed by atoms with Crippen LogP contribution in [0, 0.1) is 5.92 Å². The van der Waals surface area contributed by atoms with Gasteiger partial charge in [-0.1, -0.05) is 56.3 Å². The van der Waals surface area contributed by atoms with Gasteiger partial charge in [-0.2, -0.15) is 0 Å². The number of rotatable bonds is 6. The maximum absolute atomic E-state index is 6.19. The van der Waals surface area contributed by atoms with Gasteiger partial charge in [-0.15, -0.1) is 12.4 Å². The van der Waals surface area contributed by atoms with Crippen molar-refractivity contribution < 1.29 is 0 Å². The second-order valence-electron chi connectivity index (χ2n) is 5.70. The van der Waals surface area contributed by atoms with E-state index in [2.05, 4.69) is 67.7 Å². The van der Waals surface area contributed by atoms with E-state index in [1.807, 2.05) is 6.07 Å². The van der Waals surface area contributed by atoms with Gasteiger partial charge in [-0.05, 0) is 35.6 Å². The molecule has 0 aromatic heterocycles. The highest BCUT2D eigenvalue weighted by Gasteiger charge is 2.07. The van der Waals surface area contributed by atoms with Gasteiger partial charge in [0.05, 0.1) is 0 Å². The molecule has 3 heteroatoms. The first-order chi connectivity index (χ1) is 9.65. The first-order valence-corrected chi connectivity index (χ1v) is 7.28. The van der Waals surface area contributed by atoms with E-state index in [9.17, 15) is 0 Å². The Balaban J connectivity index is 0.00000220. The highest BCUT2D eigenvalue weighted by atomic mass is 35.5. The third kappa shape index (κ3) is 5.78. The molecular weight excluding hydrogens is 280 g/mol. The number of benzene rings is 2. The van der Waals surface area contributed by atoms with E-state index in [0.717, 1.165) is 18.7 Å². The van der Waals surface area contributed by atoms with Crippen LogP contribution >= 0.6 is 12.4 Å². The average Bonchev–Trinajstić information content (AvgIpc) is 2.46. The van der Waals surface area contributed by atoms with Crippen LogP contribution in [-0.4, -0.2) is 0 Å². The summed E-state index contributed by atoms with van der Waals surface area (Å²) in [4.78, 5) is 0. The number of hydrogen-bond donors (Lipinski definition) is 2. The van der Waals surface area contributed by atoms with Crippen LogP contribution < -0.4 is 11.1 Å². The lowest BCUT2D eigenvalue weighted by Gasteiger charge is -2.15. The molecule has 114 valence electrons. The second-order valence-corrected chi connectivity index (χ2v) is 5.70. The molecule has 0 fully saturated rings. The predicted molar refractivity (Wildman–Crippen MR) is 93.8 cm³/mol.